The zero-order valence-electron chi connectivity index (χ0n) is 12.9. The van der Waals surface area contributed by atoms with Crippen LogP contribution in [0.4, 0.5) is 4.39 Å². The van der Waals surface area contributed by atoms with Crippen LogP contribution in [-0.4, -0.2) is 15.8 Å². The van der Waals surface area contributed by atoms with Crippen molar-refractivity contribution in [3.05, 3.63) is 89.1 Å². The Morgan fingerprint density at radius 3 is 2.60 bits per heavy atom. The summed E-state index contributed by atoms with van der Waals surface area (Å²) in [7, 11) is 0. The number of hydrogen-bond donors (Lipinski definition) is 0. The van der Waals surface area contributed by atoms with Gasteiger partial charge in [0.25, 0.3) is 0 Å². The minimum absolute atomic E-state index is 0.0146. The predicted molar refractivity (Wildman–Crippen MR) is 93.3 cm³/mol. The highest BCUT2D eigenvalue weighted by Gasteiger charge is 2.06. The Bertz CT molecular complexity index is 912. The lowest BCUT2D eigenvalue weighted by atomic mass is 10.1. The molecule has 0 saturated carbocycles. The van der Waals surface area contributed by atoms with E-state index in [1.807, 2.05) is 0 Å². The van der Waals surface area contributed by atoms with E-state index in [0.29, 0.717) is 11.6 Å². The van der Waals surface area contributed by atoms with Crippen LogP contribution in [-0.2, 0) is 0 Å². The van der Waals surface area contributed by atoms with E-state index in [9.17, 15) is 9.18 Å². The minimum atomic E-state index is -0.619. The number of benzene rings is 2. The van der Waals surface area contributed by atoms with Crippen LogP contribution in [0.25, 0.3) is 6.08 Å². The Morgan fingerprint density at radius 1 is 1.12 bits per heavy atom. The summed E-state index contributed by atoms with van der Waals surface area (Å²) in [5.74, 6) is 0.0661. The van der Waals surface area contributed by atoms with Crippen LogP contribution < -0.4 is 4.74 Å². The number of ketones is 1. The lowest BCUT2D eigenvalue weighted by Gasteiger charge is -2.03. The number of carbonyl (C=O) groups is 1. The van der Waals surface area contributed by atoms with Gasteiger partial charge < -0.3 is 4.74 Å². The maximum absolute atomic E-state index is 13.4. The van der Waals surface area contributed by atoms with Gasteiger partial charge in [-0.2, -0.15) is 0 Å². The molecule has 0 aliphatic heterocycles. The highest BCUT2D eigenvalue weighted by molar-refractivity contribution is 6.30. The van der Waals surface area contributed by atoms with E-state index < -0.39 is 5.82 Å². The first-order valence-electron chi connectivity index (χ1n) is 7.33. The molecule has 0 atom stereocenters. The number of halogens is 2. The van der Waals surface area contributed by atoms with Gasteiger partial charge in [-0.05, 0) is 42.0 Å². The zero-order valence-corrected chi connectivity index (χ0v) is 13.7. The van der Waals surface area contributed by atoms with E-state index in [-0.39, 0.29) is 16.4 Å². The average molecular weight is 355 g/mol. The van der Waals surface area contributed by atoms with E-state index in [2.05, 4.69) is 9.97 Å². The van der Waals surface area contributed by atoms with Gasteiger partial charge in [-0.1, -0.05) is 29.8 Å². The highest BCUT2D eigenvalue weighted by atomic mass is 35.5. The van der Waals surface area contributed by atoms with Crippen LogP contribution >= 0.6 is 11.6 Å². The van der Waals surface area contributed by atoms with E-state index in [1.165, 1.54) is 30.6 Å². The van der Waals surface area contributed by atoms with Crippen LogP contribution in [0.2, 0.25) is 5.02 Å². The van der Waals surface area contributed by atoms with Crippen molar-refractivity contribution >= 4 is 23.5 Å². The lowest BCUT2D eigenvalue weighted by Crippen LogP contribution is -1.95. The number of nitrogens with zero attached hydrogens (tertiary/aromatic N) is 2. The van der Waals surface area contributed by atoms with Gasteiger partial charge in [-0.25, -0.2) is 9.37 Å². The molecule has 6 heteroatoms. The summed E-state index contributed by atoms with van der Waals surface area (Å²) < 4.78 is 18.9. The van der Waals surface area contributed by atoms with Crippen molar-refractivity contribution in [3.63, 3.8) is 0 Å². The summed E-state index contributed by atoms with van der Waals surface area (Å²) in [6.45, 7) is 0. The summed E-state index contributed by atoms with van der Waals surface area (Å²) in [5, 5.41) is -0.0146. The number of carbonyl (C=O) groups excluding carboxylic acids is 1. The molecule has 0 saturated heterocycles. The minimum Gasteiger partial charge on any atom is -0.438 e. The standard InChI is InChI=1S/C19H12ClFN2O2/c20-16-7-4-14(11-17(16)21)18(24)8-3-13-1-5-15(6-2-13)25-19-12-22-9-10-23-19/h1-12H/b8-3+. The van der Waals surface area contributed by atoms with E-state index in [4.69, 9.17) is 16.3 Å². The molecule has 0 aliphatic carbocycles. The first kappa shape index (κ1) is 16.8. The van der Waals surface area contributed by atoms with Crippen molar-refractivity contribution in [2.75, 3.05) is 0 Å². The Hall–Kier alpha value is -3.05. The molecule has 0 N–H and O–H groups in total. The molecule has 0 amide bonds. The van der Waals surface area contributed by atoms with Crippen molar-refractivity contribution in [2.45, 2.75) is 0 Å². The third-order valence-electron chi connectivity index (χ3n) is 3.27. The number of allylic oxidation sites excluding steroid dienone is 1. The number of rotatable bonds is 5. The normalized spacial score (nSPS) is 10.8. The lowest BCUT2D eigenvalue weighted by molar-refractivity contribution is 0.104. The second-order valence-corrected chi connectivity index (χ2v) is 5.45. The summed E-state index contributed by atoms with van der Waals surface area (Å²) >= 11 is 5.61. The number of aromatic nitrogens is 2. The third kappa shape index (κ3) is 4.49. The first-order valence-corrected chi connectivity index (χ1v) is 7.71. The van der Waals surface area contributed by atoms with Gasteiger partial charge in [0.2, 0.25) is 5.88 Å². The molecule has 3 rings (SSSR count). The molecule has 3 aromatic rings. The summed E-state index contributed by atoms with van der Waals surface area (Å²) in [5.41, 5.74) is 1.04. The van der Waals surface area contributed by atoms with Crippen LogP contribution in [0.5, 0.6) is 11.6 Å². The van der Waals surface area contributed by atoms with Crippen molar-refractivity contribution in [1.82, 2.24) is 9.97 Å². The number of ether oxygens (including phenoxy) is 1. The molecule has 0 radical (unpaired) electrons. The Morgan fingerprint density at radius 2 is 1.92 bits per heavy atom. The summed E-state index contributed by atoms with van der Waals surface area (Å²) in [6.07, 6.45) is 7.63. The van der Waals surface area contributed by atoms with Crippen LogP contribution in [0.15, 0.2) is 67.1 Å². The fourth-order valence-corrected chi connectivity index (χ4v) is 2.14. The molecule has 1 aromatic heterocycles. The van der Waals surface area contributed by atoms with Gasteiger partial charge in [0.05, 0.1) is 11.2 Å². The highest BCUT2D eigenvalue weighted by Crippen LogP contribution is 2.20. The predicted octanol–water partition coefficient (Wildman–Crippen LogP) is 4.96. The van der Waals surface area contributed by atoms with Crippen LogP contribution in [0.1, 0.15) is 15.9 Å². The molecule has 4 nitrogen and oxygen atoms in total. The molecular formula is C19H12ClFN2O2. The van der Waals surface area contributed by atoms with E-state index in [1.54, 1.807) is 36.5 Å². The molecule has 0 fully saturated rings. The van der Waals surface area contributed by atoms with Gasteiger partial charge in [0.15, 0.2) is 5.78 Å². The van der Waals surface area contributed by atoms with Gasteiger partial charge >= 0.3 is 0 Å². The molecule has 1 heterocycles. The van der Waals surface area contributed by atoms with Gasteiger partial charge in [-0.15, -0.1) is 0 Å². The topological polar surface area (TPSA) is 52.1 Å². The van der Waals surface area contributed by atoms with Crippen molar-refractivity contribution in [3.8, 4) is 11.6 Å². The zero-order chi connectivity index (χ0) is 17.6. The maximum atomic E-state index is 13.4. The number of hydrogen-bond acceptors (Lipinski definition) is 4. The summed E-state index contributed by atoms with van der Waals surface area (Å²) in [6, 6.07) is 11.0. The van der Waals surface area contributed by atoms with Gasteiger partial charge in [0.1, 0.15) is 11.6 Å². The molecule has 0 unspecified atom stereocenters. The van der Waals surface area contributed by atoms with Crippen LogP contribution in [0, 0.1) is 5.82 Å². The Kier molecular flexibility index (Phi) is 5.16. The largest absolute Gasteiger partial charge is 0.438 e. The summed E-state index contributed by atoms with van der Waals surface area (Å²) in [4.78, 5) is 20.0. The third-order valence-corrected chi connectivity index (χ3v) is 3.58. The van der Waals surface area contributed by atoms with Crippen molar-refractivity contribution < 1.29 is 13.9 Å². The van der Waals surface area contributed by atoms with Gasteiger partial charge in [-0.3, -0.25) is 9.78 Å². The van der Waals surface area contributed by atoms with Gasteiger partial charge in [0, 0.05) is 18.0 Å². The second kappa shape index (κ2) is 7.68. The van der Waals surface area contributed by atoms with E-state index in [0.717, 1.165) is 11.6 Å². The second-order valence-electron chi connectivity index (χ2n) is 5.04. The molecule has 25 heavy (non-hydrogen) atoms. The molecular weight excluding hydrogens is 343 g/mol. The molecule has 0 spiro atoms. The molecule has 0 bridgehead atoms. The van der Waals surface area contributed by atoms with Crippen molar-refractivity contribution in [2.24, 2.45) is 0 Å². The fourth-order valence-electron chi connectivity index (χ4n) is 2.02. The monoisotopic (exact) mass is 354 g/mol. The maximum Gasteiger partial charge on any atom is 0.237 e. The average Bonchev–Trinajstić information content (AvgIpc) is 2.64. The molecule has 2 aromatic carbocycles. The Labute approximate surface area is 148 Å². The van der Waals surface area contributed by atoms with Crippen LogP contribution in [0.3, 0.4) is 0 Å². The first-order chi connectivity index (χ1) is 12.1. The molecule has 124 valence electrons. The fraction of sp³-hybridized carbons (Fsp3) is 0. The Balaban J connectivity index is 1.67. The quantitative estimate of drug-likeness (QED) is 0.480. The van der Waals surface area contributed by atoms with E-state index >= 15 is 0 Å². The smallest absolute Gasteiger partial charge is 0.237 e. The SMILES string of the molecule is O=C(/C=C/c1ccc(Oc2cnccn2)cc1)c1ccc(Cl)c(F)c1. The molecule has 0 aliphatic rings. The van der Waals surface area contributed by atoms with Crippen molar-refractivity contribution in [1.29, 1.82) is 0 Å².